The number of hydrogen-bond donors (Lipinski definition) is 1. The van der Waals surface area contributed by atoms with E-state index in [4.69, 9.17) is 14.2 Å². The number of ether oxygens (including phenoxy) is 3. The first-order valence-corrected chi connectivity index (χ1v) is 14.0. The van der Waals surface area contributed by atoms with Crippen molar-refractivity contribution in [2.24, 2.45) is 4.99 Å². The van der Waals surface area contributed by atoms with Crippen molar-refractivity contribution in [3.8, 4) is 11.5 Å². The van der Waals surface area contributed by atoms with Crippen molar-refractivity contribution in [2.45, 2.75) is 23.9 Å². The molecule has 4 aromatic rings. The van der Waals surface area contributed by atoms with Gasteiger partial charge in [0.1, 0.15) is 41.9 Å². The number of methoxy groups -OCH3 is 2. The SMILES string of the molecule is COc1ccc(C(NC2=N[C@](C)(c3cc(Br)ccc3F)C(F)(F)COC2)(c2ccccc2)c2ccc(OC)cc2)cc1. The Kier molecular flexibility index (Phi) is 8.35. The quantitative estimate of drug-likeness (QED) is 0.213. The second-order valence-electron chi connectivity index (χ2n) is 10.2. The summed E-state index contributed by atoms with van der Waals surface area (Å²) in [6.45, 7) is 0.0500. The standard InChI is InChI=1S/C33H30BrF3N2O3/c1-31(28-19-25(34)13-18-29(28)35)32(36,37)21-42-20-30(38-31)39-33(22-7-5-4-6-8-22,23-9-14-26(40-2)15-10-23)24-11-16-27(41-3)17-12-24/h4-19H,20-21H2,1-3H3,(H,38,39)/t31-/m1/s1. The number of nitrogens with zero attached hydrogens (tertiary/aromatic N) is 1. The lowest BCUT2D eigenvalue weighted by Gasteiger charge is -2.39. The molecule has 42 heavy (non-hydrogen) atoms. The summed E-state index contributed by atoms with van der Waals surface area (Å²) in [7, 11) is 3.17. The number of aliphatic imine (C=N–C) groups is 1. The Morgan fingerprint density at radius 3 is 1.93 bits per heavy atom. The van der Waals surface area contributed by atoms with Gasteiger partial charge in [-0.1, -0.05) is 70.5 Å². The number of rotatable bonds is 7. The van der Waals surface area contributed by atoms with Gasteiger partial charge in [0.15, 0.2) is 5.54 Å². The largest absolute Gasteiger partial charge is 0.497 e. The normalized spacial score (nSPS) is 18.5. The van der Waals surface area contributed by atoms with E-state index in [0.29, 0.717) is 16.0 Å². The third-order valence-electron chi connectivity index (χ3n) is 7.63. The number of amidine groups is 1. The van der Waals surface area contributed by atoms with Crippen LogP contribution in [0.25, 0.3) is 0 Å². The lowest BCUT2D eigenvalue weighted by atomic mass is 9.76. The highest BCUT2D eigenvalue weighted by molar-refractivity contribution is 9.10. The van der Waals surface area contributed by atoms with E-state index >= 15 is 13.2 Å². The maximum atomic E-state index is 15.8. The first-order chi connectivity index (χ1) is 20.1. The van der Waals surface area contributed by atoms with Crippen molar-refractivity contribution in [1.82, 2.24) is 5.32 Å². The van der Waals surface area contributed by atoms with Crippen LogP contribution in [0.4, 0.5) is 13.2 Å². The molecule has 5 rings (SSSR count). The number of alkyl halides is 2. The highest BCUT2D eigenvalue weighted by Crippen LogP contribution is 2.45. The Hall–Kier alpha value is -3.82. The molecule has 0 aromatic heterocycles. The lowest BCUT2D eigenvalue weighted by molar-refractivity contribution is -0.116. The fourth-order valence-corrected chi connectivity index (χ4v) is 5.66. The molecule has 1 heterocycles. The van der Waals surface area contributed by atoms with E-state index in [1.54, 1.807) is 14.2 Å². The van der Waals surface area contributed by atoms with Crippen molar-refractivity contribution in [2.75, 3.05) is 27.4 Å². The van der Waals surface area contributed by atoms with E-state index in [1.165, 1.54) is 19.1 Å². The fraction of sp³-hybridized carbons (Fsp3) is 0.242. The van der Waals surface area contributed by atoms with Gasteiger partial charge < -0.3 is 19.5 Å². The van der Waals surface area contributed by atoms with Crippen LogP contribution in [0.1, 0.15) is 29.2 Å². The molecule has 218 valence electrons. The van der Waals surface area contributed by atoms with Crippen LogP contribution in [0.2, 0.25) is 0 Å². The van der Waals surface area contributed by atoms with Gasteiger partial charge in [0.2, 0.25) is 0 Å². The Balaban J connectivity index is 1.77. The molecule has 1 aliphatic rings. The van der Waals surface area contributed by atoms with Gasteiger partial charge in [0, 0.05) is 10.0 Å². The van der Waals surface area contributed by atoms with Crippen LogP contribution < -0.4 is 14.8 Å². The van der Waals surface area contributed by atoms with E-state index < -0.39 is 29.4 Å². The molecule has 0 spiro atoms. The first kappa shape index (κ1) is 29.7. The van der Waals surface area contributed by atoms with Crippen molar-refractivity contribution >= 4 is 21.8 Å². The third-order valence-corrected chi connectivity index (χ3v) is 8.12. The van der Waals surface area contributed by atoms with Crippen LogP contribution in [-0.4, -0.2) is 39.2 Å². The minimum absolute atomic E-state index is 0.129. The second kappa shape index (κ2) is 11.8. The van der Waals surface area contributed by atoms with Crippen LogP contribution in [0.3, 0.4) is 0 Å². The zero-order chi connectivity index (χ0) is 30.0. The van der Waals surface area contributed by atoms with E-state index in [2.05, 4.69) is 26.2 Å². The van der Waals surface area contributed by atoms with Crippen molar-refractivity contribution in [3.05, 3.63) is 130 Å². The van der Waals surface area contributed by atoms with Crippen LogP contribution in [-0.2, 0) is 15.8 Å². The average molecular weight is 640 g/mol. The van der Waals surface area contributed by atoms with Gasteiger partial charge in [-0.2, -0.15) is 0 Å². The highest BCUT2D eigenvalue weighted by atomic mass is 79.9. The van der Waals surface area contributed by atoms with Gasteiger partial charge in [-0.15, -0.1) is 0 Å². The molecular formula is C33H30BrF3N2O3. The summed E-state index contributed by atoms with van der Waals surface area (Å²) in [5, 5.41) is 3.51. The smallest absolute Gasteiger partial charge is 0.299 e. The molecule has 5 nitrogen and oxygen atoms in total. The van der Waals surface area contributed by atoms with E-state index in [0.717, 1.165) is 22.8 Å². The predicted molar refractivity (Wildman–Crippen MR) is 160 cm³/mol. The molecule has 0 radical (unpaired) electrons. The molecule has 0 aliphatic carbocycles. The zero-order valence-corrected chi connectivity index (χ0v) is 24.9. The summed E-state index contributed by atoms with van der Waals surface area (Å²) < 4.78 is 63.5. The molecule has 0 fully saturated rings. The molecule has 9 heteroatoms. The van der Waals surface area contributed by atoms with Crippen LogP contribution in [0.15, 0.2) is 107 Å². The van der Waals surface area contributed by atoms with Gasteiger partial charge in [-0.05, 0) is 66.1 Å². The topological polar surface area (TPSA) is 52.1 Å². The van der Waals surface area contributed by atoms with Crippen molar-refractivity contribution in [1.29, 1.82) is 0 Å². The number of hydrogen-bond acceptors (Lipinski definition) is 5. The van der Waals surface area contributed by atoms with Crippen LogP contribution >= 0.6 is 15.9 Å². The molecule has 1 aliphatic heterocycles. The molecule has 0 unspecified atom stereocenters. The van der Waals surface area contributed by atoms with Gasteiger partial charge in [0.05, 0.1) is 14.2 Å². The number of benzene rings is 4. The maximum absolute atomic E-state index is 15.8. The summed E-state index contributed by atoms with van der Waals surface area (Å²) in [5.41, 5.74) is -1.26. The molecule has 0 amide bonds. The van der Waals surface area contributed by atoms with Crippen LogP contribution in [0, 0.1) is 5.82 Å². The van der Waals surface area contributed by atoms with Gasteiger partial charge in [-0.25, -0.2) is 13.2 Å². The Bertz CT molecular complexity index is 1520. The van der Waals surface area contributed by atoms with Crippen LogP contribution in [0.5, 0.6) is 11.5 Å². The zero-order valence-electron chi connectivity index (χ0n) is 23.3. The highest BCUT2D eigenvalue weighted by Gasteiger charge is 2.55. The molecule has 0 bridgehead atoms. The first-order valence-electron chi connectivity index (χ1n) is 13.3. The number of nitrogens with one attached hydrogen (secondary N) is 1. The van der Waals surface area contributed by atoms with Crippen molar-refractivity contribution in [3.63, 3.8) is 0 Å². The average Bonchev–Trinajstić information content (AvgIpc) is 3.12. The molecule has 0 saturated carbocycles. The van der Waals surface area contributed by atoms with E-state index in [-0.39, 0.29) is 18.0 Å². The molecule has 0 saturated heterocycles. The molecule has 1 atom stereocenters. The summed E-state index contributed by atoms with van der Waals surface area (Å²) in [6, 6.07) is 28.5. The molecule has 4 aromatic carbocycles. The predicted octanol–water partition coefficient (Wildman–Crippen LogP) is 7.47. The van der Waals surface area contributed by atoms with Gasteiger partial charge in [-0.3, -0.25) is 4.99 Å². The Labute approximate surface area is 251 Å². The van der Waals surface area contributed by atoms with Gasteiger partial charge in [0.25, 0.3) is 5.92 Å². The number of halogens is 4. The Morgan fingerprint density at radius 2 is 1.38 bits per heavy atom. The third kappa shape index (κ3) is 5.39. The monoisotopic (exact) mass is 638 g/mol. The van der Waals surface area contributed by atoms with Gasteiger partial charge >= 0.3 is 0 Å². The second-order valence-corrected chi connectivity index (χ2v) is 11.1. The summed E-state index contributed by atoms with van der Waals surface area (Å²) in [6.07, 6.45) is 0. The summed E-state index contributed by atoms with van der Waals surface area (Å²) in [4.78, 5) is 4.58. The van der Waals surface area contributed by atoms with Crippen molar-refractivity contribution < 1.29 is 27.4 Å². The summed E-state index contributed by atoms with van der Waals surface area (Å²) >= 11 is 3.30. The van der Waals surface area contributed by atoms with E-state index in [1.807, 2.05) is 78.9 Å². The maximum Gasteiger partial charge on any atom is 0.299 e. The Morgan fingerprint density at radius 1 is 0.833 bits per heavy atom. The summed E-state index contributed by atoms with van der Waals surface area (Å²) in [5.74, 6) is -2.87. The minimum atomic E-state index is -3.52. The minimum Gasteiger partial charge on any atom is -0.497 e. The fourth-order valence-electron chi connectivity index (χ4n) is 5.30. The molecule has 1 N–H and O–H groups in total. The lowest BCUT2D eigenvalue weighted by Crippen LogP contribution is -2.50. The molecular weight excluding hydrogens is 609 g/mol. The van der Waals surface area contributed by atoms with E-state index in [9.17, 15) is 0 Å².